The molecule has 20 nitrogen and oxygen atoms in total. The molecule has 0 aromatic carbocycles. The van der Waals surface area contributed by atoms with E-state index in [0.717, 1.165) is 103 Å². The number of hydrogen-bond donors (Lipinski definition) is 9. The molecule has 3 fully saturated rings. The highest BCUT2D eigenvalue weighted by molar-refractivity contribution is 5.71. The number of ether oxygens (including phenoxy) is 8. The minimum Gasteiger partial charge on any atom is -0.479 e. The minimum absolute atomic E-state index is 0.0192. The van der Waals surface area contributed by atoms with Crippen molar-refractivity contribution in [1.29, 1.82) is 0 Å². The van der Waals surface area contributed by atoms with Gasteiger partial charge in [0.15, 0.2) is 31.1 Å². The molecule has 3 aliphatic rings. The fourth-order valence-electron chi connectivity index (χ4n) is 8.83. The van der Waals surface area contributed by atoms with E-state index in [2.05, 4.69) is 6.92 Å². The normalized spacial score (nSPS) is 31.0. The zero-order valence-corrected chi connectivity index (χ0v) is 41.5. The molecule has 3 saturated heterocycles. The van der Waals surface area contributed by atoms with Crippen molar-refractivity contribution < 1.29 is 98.2 Å². The van der Waals surface area contributed by atoms with Gasteiger partial charge in [-0.25, -0.2) is 4.79 Å². The van der Waals surface area contributed by atoms with Crippen LogP contribution in [0.1, 0.15) is 169 Å². The van der Waals surface area contributed by atoms with Crippen molar-refractivity contribution in [1.82, 2.24) is 0 Å². The topological polar surface area (TPSA) is 307 Å². The molecule has 3 rings (SSSR count). The van der Waals surface area contributed by atoms with Crippen molar-refractivity contribution in [2.24, 2.45) is 5.92 Å². The Labute approximate surface area is 408 Å². The summed E-state index contributed by atoms with van der Waals surface area (Å²) in [4.78, 5) is 35.0. The maximum absolute atomic E-state index is 12.3. The molecule has 16 atom stereocenters. The Kier molecular flexibility index (Phi) is 29.7. The largest absolute Gasteiger partial charge is 0.479 e. The summed E-state index contributed by atoms with van der Waals surface area (Å²) in [7, 11) is 0. The number of aliphatic carboxylic acids is 1. The first-order valence-electron chi connectivity index (χ1n) is 25.8. The summed E-state index contributed by atoms with van der Waals surface area (Å²) in [6.45, 7) is 5.68. The Hall–Kier alpha value is -2.15. The quantitative estimate of drug-likeness (QED) is 0.0325. The van der Waals surface area contributed by atoms with Crippen LogP contribution in [-0.2, 0) is 52.3 Å². The highest BCUT2D eigenvalue weighted by atomic mass is 16.8. The molecule has 0 spiro atoms. The molecular weight excluding hydrogens is 909 g/mol. The Balaban J connectivity index is 1.59. The van der Waals surface area contributed by atoms with Crippen LogP contribution in [0, 0.1) is 5.92 Å². The first-order chi connectivity index (χ1) is 32.9. The Morgan fingerprint density at radius 2 is 1.14 bits per heavy atom. The molecule has 69 heavy (non-hydrogen) atoms. The summed E-state index contributed by atoms with van der Waals surface area (Å²) in [5, 5.41) is 95.0. The van der Waals surface area contributed by atoms with Crippen LogP contribution in [0.4, 0.5) is 0 Å². The van der Waals surface area contributed by atoms with Crippen LogP contribution >= 0.6 is 0 Å². The van der Waals surface area contributed by atoms with Crippen LogP contribution in [-0.4, -0.2) is 182 Å². The molecular formula is C49H88O20. The number of aliphatic hydroxyl groups excluding tert-OH is 8. The summed E-state index contributed by atoms with van der Waals surface area (Å²) in [6, 6.07) is 0. The molecule has 0 radical (unpaired) electrons. The molecule has 20 heteroatoms. The van der Waals surface area contributed by atoms with Crippen LogP contribution in [0.5, 0.6) is 0 Å². The SMILES string of the molecule is CCCCCCC(CCCC(O)CCCCCCCCCCCCCC(O)C(=O)O)O[C@@H]1OC[C@@H](O)[C@H](O)[C@H]1O[C@@H]1OC[C@@H](OC(C)=O)[C@H](O)[C@H]1O[C@@H]1O[C@H](COC(=O)CC(C)C)[C@@H](O)[C@H](O)[C@H]1O. The molecule has 0 bridgehead atoms. The molecule has 0 aliphatic carbocycles. The third-order valence-electron chi connectivity index (χ3n) is 13.0. The highest BCUT2D eigenvalue weighted by Gasteiger charge is 2.52. The summed E-state index contributed by atoms with van der Waals surface area (Å²) < 4.78 is 46.9. The first kappa shape index (κ1) is 61.2. The zero-order valence-electron chi connectivity index (χ0n) is 41.5. The van der Waals surface area contributed by atoms with Gasteiger partial charge in [0.25, 0.3) is 0 Å². The first-order valence-corrected chi connectivity index (χ1v) is 25.8. The van der Waals surface area contributed by atoms with Gasteiger partial charge in [-0.2, -0.15) is 0 Å². The number of carbonyl (C=O) groups excluding carboxylic acids is 2. The number of unbranched alkanes of at least 4 members (excludes halogenated alkanes) is 13. The lowest BCUT2D eigenvalue weighted by atomic mass is 9.98. The fraction of sp³-hybridized carbons (Fsp3) is 0.939. The third kappa shape index (κ3) is 22.7. The van der Waals surface area contributed by atoms with Gasteiger partial charge in [0.2, 0.25) is 0 Å². The lowest BCUT2D eigenvalue weighted by Gasteiger charge is -2.46. The molecule has 404 valence electrons. The number of esters is 2. The maximum Gasteiger partial charge on any atom is 0.332 e. The van der Waals surface area contributed by atoms with Crippen molar-refractivity contribution >= 4 is 17.9 Å². The number of carboxylic acid groups (broad SMARTS) is 1. The van der Waals surface area contributed by atoms with Crippen molar-refractivity contribution in [3.63, 3.8) is 0 Å². The molecule has 3 aliphatic heterocycles. The molecule has 3 heterocycles. The van der Waals surface area contributed by atoms with Crippen molar-refractivity contribution in [2.45, 2.75) is 267 Å². The van der Waals surface area contributed by atoms with Gasteiger partial charge in [0.05, 0.1) is 25.4 Å². The van der Waals surface area contributed by atoms with Crippen molar-refractivity contribution in [3.8, 4) is 0 Å². The average Bonchev–Trinajstić information content (AvgIpc) is 3.29. The molecule has 9 N–H and O–H groups in total. The van der Waals surface area contributed by atoms with Gasteiger partial charge >= 0.3 is 17.9 Å². The molecule has 0 aromatic rings. The van der Waals surface area contributed by atoms with Gasteiger partial charge in [0.1, 0.15) is 61.5 Å². The Morgan fingerprint density at radius 1 is 0.609 bits per heavy atom. The third-order valence-corrected chi connectivity index (χ3v) is 13.0. The predicted molar refractivity (Wildman–Crippen MR) is 247 cm³/mol. The zero-order chi connectivity index (χ0) is 50.9. The predicted octanol–water partition coefficient (Wildman–Crippen LogP) is 3.28. The second-order valence-corrected chi connectivity index (χ2v) is 19.6. The van der Waals surface area contributed by atoms with Crippen LogP contribution in [0.2, 0.25) is 0 Å². The van der Waals surface area contributed by atoms with E-state index < -0.39 is 123 Å². The number of hydrogen-bond acceptors (Lipinski definition) is 19. The fourth-order valence-corrected chi connectivity index (χ4v) is 8.83. The molecule has 0 aromatic heterocycles. The summed E-state index contributed by atoms with van der Waals surface area (Å²) in [5.74, 6) is -2.51. The van der Waals surface area contributed by atoms with Crippen molar-refractivity contribution in [3.05, 3.63) is 0 Å². The van der Waals surface area contributed by atoms with E-state index in [0.29, 0.717) is 38.5 Å². The van der Waals surface area contributed by atoms with Crippen LogP contribution in [0.15, 0.2) is 0 Å². The smallest absolute Gasteiger partial charge is 0.332 e. The second kappa shape index (κ2) is 33.6. The van der Waals surface area contributed by atoms with Gasteiger partial charge in [-0.15, -0.1) is 0 Å². The van der Waals surface area contributed by atoms with E-state index in [4.69, 9.17) is 43.0 Å². The summed E-state index contributed by atoms with van der Waals surface area (Å²) in [5.41, 5.74) is 0. The lowest BCUT2D eigenvalue weighted by molar-refractivity contribution is -0.380. The highest BCUT2D eigenvalue weighted by Crippen LogP contribution is 2.33. The van der Waals surface area contributed by atoms with E-state index in [1.165, 1.54) is 0 Å². The van der Waals surface area contributed by atoms with Crippen LogP contribution < -0.4 is 0 Å². The number of rotatable bonds is 35. The van der Waals surface area contributed by atoms with Gasteiger partial charge in [0, 0.05) is 13.3 Å². The number of aliphatic hydroxyl groups is 8. The Morgan fingerprint density at radius 3 is 1.75 bits per heavy atom. The van der Waals surface area contributed by atoms with Crippen LogP contribution in [0.25, 0.3) is 0 Å². The second-order valence-electron chi connectivity index (χ2n) is 19.6. The molecule has 0 saturated carbocycles. The minimum atomic E-state index is -1.90. The van der Waals surface area contributed by atoms with Gasteiger partial charge in [-0.3, -0.25) is 9.59 Å². The number of carbonyl (C=O) groups is 3. The number of carboxylic acids is 1. The summed E-state index contributed by atoms with van der Waals surface area (Å²) in [6.07, 6.45) is -3.86. The summed E-state index contributed by atoms with van der Waals surface area (Å²) >= 11 is 0. The lowest BCUT2D eigenvalue weighted by Crippen LogP contribution is -2.65. The monoisotopic (exact) mass is 997 g/mol. The van der Waals surface area contributed by atoms with E-state index >= 15 is 0 Å². The standard InChI is InChI=1S/C49H88O20/c1-5-6-7-18-23-33(24-20-22-32(51)21-17-15-13-11-9-8-10-12-14-16-19-25-34(52)46(60)61)66-48-44(39(55)35(53)27-63-48)69-49-45(41(57)37(29-64-49)65-31(4)50)68-47-43(59)42(58)40(56)36(67-47)28-62-38(54)26-30(2)3/h30,32-37,39-45,47-49,51-53,55-59H,5-29H2,1-4H3,(H,60,61)/t32?,33?,34?,35-,36-,37-,39+,40-,41+,42+,43-,44-,45-,47+,48+,49+/m1/s1. The van der Waals surface area contributed by atoms with E-state index in [9.17, 15) is 55.2 Å². The Bertz CT molecular complexity index is 1410. The van der Waals surface area contributed by atoms with Gasteiger partial charge in [-0.05, 0) is 44.4 Å². The van der Waals surface area contributed by atoms with Crippen LogP contribution in [0.3, 0.4) is 0 Å². The average molecular weight is 997 g/mol. The van der Waals surface area contributed by atoms with E-state index in [1.807, 2.05) is 13.8 Å². The van der Waals surface area contributed by atoms with E-state index in [1.54, 1.807) is 0 Å². The molecule has 3 unspecified atom stereocenters. The van der Waals surface area contributed by atoms with Gasteiger partial charge < -0.3 is 83.9 Å². The maximum atomic E-state index is 12.3. The van der Waals surface area contributed by atoms with Crippen molar-refractivity contribution in [2.75, 3.05) is 19.8 Å². The van der Waals surface area contributed by atoms with E-state index in [-0.39, 0.29) is 25.0 Å². The molecule has 0 amide bonds. The van der Waals surface area contributed by atoms with Gasteiger partial charge in [-0.1, -0.05) is 117 Å².